The van der Waals surface area contributed by atoms with Gasteiger partial charge in [0, 0.05) is 5.56 Å². The molecule has 0 unspecified atom stereocenters. The van der Waals surface area contributed by atoms with E-state index >= 15 is 0 Å². The molecule has 5 nitrogen and oxygen atoms in total. The van der Waals surface area contributed by atoms with Crippen molar-refractivity contribution in [3.05, 3.63) is 74.1 Å². The van der Waals surface area contributed by atoms with Crippen LogP contribution in [-0.2, 0) is 11.3 Å². The van der Waals surface area contributed by atoms with Gasteiger partial charge in [-0.25, -0.2) is 26.7 Å². The van der Waals surface area contributed by atoms with Crippen LogP contribution in [-0.4, -0.2) is 10.9 Å². The summed E-state index contributed by atoms with van der Waals surface area (Å²) in [6, 6.07) is 3.68. The number of nitro benzene ring substituents is 1. The molecule has 132 valence electrons. The van der Waals surface area contributed by atoms with E-state index in [-0.39, 0.29) is 5.56 Å². The maximum Gasteiger partial charge on any atom is 0.345 e. The van der Waals surface area contributed by atoms with Crippen LogP contribution in [0.2, 0.25) is 0 Å². The fourth-order valence-corrected chi connectivity index (χ4v) is 2.06. The van der Waals surface area contributed by atoms with Crippen LogP contribution >= 0.6 is 0 Å². The molecule has 2 rings (SSSR count). The first-order valence-electron chi connectivity index (χ1n) is 6.58. The van der Waals surface area contributed by atoms with Gasteiger partial charge >= 0.3 is 5.97 Å². The van der Waals surface area contributed by atoms with Gasteiger partial charge in [-0.3, -0.25) is 10.1 Å². The Morgan fingerprint density at radius 2 is 1.56 bits per heavy atom. The van der Waals surface area contributed by atoms with Crippen LogP contribution in [0.15, 0.2) is 18.2 Å². The van der Waals surface area contributed by atoms with E-state index in [1.54, 1.807) is 0 Å². The Kier molecular flexibility index (Phi) is 5.00. The van der Waals surface area contributed by atoms with Gasteiger partial charge in [0.1, 0.15) is 12.2 Å². The molecule has 0 fully saturated rings. The number of aryl methyl sites for hydroxylation is 1. The molecule has 2 aromatic carbocycles. The van der Waals surface area contributed by atoms with Gasteiger partial charge < -0.3 is 4.74 Å². The molecule has 0 amide bonds. The van der Waals surface area contributed by atoms with Crippen molar-refractivity contribution in [1.82, 2.24) is 0 Å². The van der Waals surface area contributed by atoms with Crippen LogP contribution < -0.4 is 0 Å². The summed E-state index contributed by atoms with van der Waals surface area (Å²) in [6.45, 7) is 0.0503. The van der Waals surface area contributed by atoms with Crippen molar-refractivity contribution in [3.8, 4) is 0 Å². The smallest absolute Gasteiger partial charge is 0.345 e. The Morgan fingerprint density at radius 1 is 1.04 bits per heavy atom. The predicted molar refractivity (Wildman–Crippen MR) is 73.2 cm³/mol. The Balaban J connectivity index is 2.34. The predicted octanol–water partition coefficient (Wildman–Crippen LogP) is 3.96. The van der Waals surface area contributed by atoms with Crippen molar-refractivity contribution in [3.63, 3.8) is 0 Å². The minimum absolute atomic E-state index is 0.121. The monoisotopic (exact) mass is 361 g/mol. The third-order valence-electron chi connectivity index (χ3n) is 3.29. The van der Waals surface area contributed by atoms with Gasteiger partial charge in [0.2, 0.25) is 5.82 Å². The summed E-state index contributed by atoms with van der Waals surface area (Å²) in [6.07, 6.45) is 0. The van der Waals surface area contributed by atoms with Crippen LogP contribution in [0.5, 0.6) is 0 Å². The highest BCUT2D eigenvalue weighted by Crippen LogP contribution is 2.26. The van der Waals surface area contributed by atoms with Gasteiger partial charge in [0.25, 0.3) is 5.69 Å². The van der Waals surface area contributed by atoms with Crippen molar-refractivity contribution in [2.45, 2.75) is 13.5 Å². The average molecular weight is 361 g/mol. The van der Waals surface area contributed by atoms with Crippen LogP contribution in [0.3, 0.4) is 0 Å². The zero-order chi connectivity index (χ0) is 18.9. The van der Waals surface area contributed by atoms with Crippen molar-refractivity contribution < 1.29 is 36.4 Å². The second kappa shape index (κ2) is 6.83. The SMILES string of the molecule is Cc1cccc(C(=O)OCc2c(F)c(F)c(F)c(F)c2F)c1[N+](=O)[O-]. The summed E-state index contributed by atoms with van der Waals surface area (Å²) in [5.74, 6) is -12.4. The summed E-state index contributed by atoms with van der Waals surface area (Å²) in [5.41, 5.74) is -2.35. The molecule has 0 aliphatic heterocycles. The molecule has 0 heterocycles. The molecule has 0 bridgehead atoms. The molecular weight excluding hydrogens is 353 g/mol. The minimum Gasteiger partial charge on any atom is -0.457 e. The number of carbonyl (C=O) groups is 1. The first-order valence-corrected chi connectivity index (χ1v) is 6.58. The molecule has 0 radical (unpaired) electrons. The number of nitro groups is 1. The highest BCUT2D eigenvalue weighted by molar-refractivity contribution is 5.94. The fourth-order valence-electron chi connectivity index (χ4n) is 2.06. The molecule has 0 saturated heterocycles. The molecule has 0 aromatic heterocycles. The zero-order valence-electron chi connectivity index (χ0n) is 12.4. The van der Waals surface area contributed by atoms with Crippen LogP contribution in [0, 0.1) is 46.1 Å². The van der Waals surface area contributed by atoms with Crippen molar-refractivity contribution >= 4 is 11.7 Å². The van der Waals surface area contributed by atoms with Crippen molar-refractivity contribution in [1.29, 1.82) is 0 Å². The maximum absolute atomic E-state index is 13.5. The summed E-state index contributed by atoms with van der Waals surface area (Å²) in [5, 5.41) is 11.0. The van der Waals surface area contributed by atoms with Crippen LogP contribution in [0.1, 0.15) is 21.5 Å². The molecule has 0 spiro atoms. The second-order valence-electron chi connectivity index (χ2n) is 4.85. The Labute approximate surface area is 136 Å². The number of benzene rings is 2. The number of para-hydroxylation sites is 1. The molecule has 0 aliphatic carbocycles. The standard InChI is InChI=1S/C15H8F5NO4/c1-6-3-2-4-7(14(6)21(23)24)15(22)25-5-8-9(16)11(18)13(20)12(19)10(8)17/h2-4H,5H2,1H3. The van der Waals surface area contributed by atoms with E-state index in [9.17, 15) is 36.9 Å². The first kappa shape index (κ1) is 18.3. The van der Waals surface area contributed by atoms with Gasteiger partial charge in [-0.05, 0) is 13.0 Å². The molecule has 10 heteroatoms. The van der Waals surface area contributed by atoms with E-state index in [2.05, 4.69) is 4.74 Å². The van der Waals surface area contributed by atoms with E-state index < -0.39 is 63.4 Å². The summed E-state index contributed by atoms with van der Waals surface area (Å²) >= 11 is 0. The number of rotatable bonds is 4. The molecule has 2 aromatic rings. The van der Waals surface area contributed by atoms with E-state index in [1.165, 1.54) is 19.1 Å². The maximum atomic E-state index is 13.5. The third-order valence-corrected chi connectivity index (χ3v) is 3.29. The highest BCUT2D eigenvalue weighted by Gasteiger charge is 2.28. The lowest BCUT2D eigenvalue weighted by atomic mass is 10.1. The Bertz CT molecular complexity index is 856. The number of nitrogens with zero attached hydrogens (tertiary/aromatic N) is 1. The lowest BCUT2D eigenvalue weighted by Gasteiger charge is -2.10. The Morgan fingerprint density at radius 3 is 2.08 bits per heavy atom. The topological polar surface area (TPSA) is 69.4 Å². The zero-order valence-corrected chi connectivity index (χ0v) is 12.4. The van der Waals surface area contributed by atoms with Gasteiger partial charge in [-0.1, -0.05) is 12.1 Å². The highest BCUT2D eigenvalue weighted by atomic mass is 19.2. The summed E-state index contributed by atoms with van der Waals surface area (Å²) < 4.78 is 70.6. The van der Waals surface area contributed by atoms with Gasteiger partial charge in [0.05, 0.1) is 10.5 Å². The van der Waals surface area contributed by atoms with Crippen LogP contribution in [0.4, 0.5) is 27.6 Å². The van der Waals surface area contributed by atoms with E-state index in [0.717, 1.165) is 6.07 Å². The molecule has 25 heavy (non-hydrogen) atoms. The van der Waals surface area contributed by atoms with Crippen LogP contribution in [0.25, 0.3) is 0 Å². The number of esters is 1. The number of halogens is 5. The molecule has 0 atom stereocenters. The van der Waals surface area contributed by atoms with Gasteiger partial charge in [0.15, 0.2) is 23.3 Å². The lowest BCUT2D eigenvalue weighted by Crippen LogP contribution is -2.13. The van der Waals surface area contributed by atoms with E-state index in [1.807, 2.05) is 0 Å². The minimum atomic E-state index is -2.35. The quantitative estimate of drug-likeness (QED) is 0.206. The van der Waals surface area contributed by atoms with E-state index in [0.29, 0.717) is 0 Å². The Hall–Kier alpha value is -3.04. The summed E-state index contributed by atoms with van der Waals surface area (Å²) in [7, 11) is 0. The number of hydrogen-bond donors (Lipinski definition) is 0. The number of hydrogen-bond acceptors (Lipinski definition) is 4. The second-order valence-corrected chi connectivity index (χ2v) is 4.85. The normalized spacial score (nSPS) is 10.6. The number of carbonyl (C=O) groups excluding carboxylic acids is 1. The number of ether oxygens (including phenoxy) is 1. The molecule has 0 aliphatic rings. The van der Waals surface area contributed by atoms with Gasteiger partial charge in [-0.15, -0.1) is 0 Å². The van der Waals surface area contributed by atoms with Gasteiger partial charge in [-0.2, -0.15) is 0 Å². The molecule has 0 N–H and O–H groups in total. The third kappa shape index (κ3) is 3.28. The van der Waals surface area contributed by atoms with Crippen molar-refractivity contribution in [2.75, 3.05) is 0 Å². The van der Waals surface area contributed by atoms with E-state index in [4.69, 9.17) is 0 Å². The lowest BCUT2D eigenvalue weighted by molar-refractivity contribution is -0.385. The first-order chi connectivity index (χ1) is 11.7. The fraction of sp³-hybridized carbons (Fsp3) is 0.133. The van der Waals surface area contributed by atoms with Crippen molar-refractivity contribution in [2.24, 2.45) is 0 Å². The summed E-state index contributed by atoms with van der Waals surface area (Å²) in [4.78, 5) is 22.1. The largest absolute Gasteiger partial charge is 0.457 e. The average Bonchev–Trinajstić information content (AvgIpc) is 2.57. The molecular formula is C15H8F5NO4. The molecule has 0 saturated carbocycles.